The first-order valence-electron chi connectivity index (χ1n) is 11.8. The fraction of sp³-hybridized carbons (Fsp3) is 0.519. The highest BCUT2D eigenvalue weighted by atomic mass is 19.1. The predicted octanol–water partition coefficient (Wildman–Crippen LogP) is 4.65. The van der Waals surface area contributed by atoms with Crippen molar-refractivity contribution in [2.75, 3.05) is 27.2 Å². The number of hydrogen-bond donors (Lipinski definition) is 1. The third-order valence-electron chi connectivity index (χ3n) is 6.81. The normalized spacial score (nSPS) is 22.1. The molecule has 174 valence electrons. The Bertz CT molecular complexity index is 788. The molecule has 2 aromatic rings. The van der Waals surface area contributed by atoms with Crippen LogP contribution in [0.5, 0.6) is 0 Å². The highest BCUT2D eigenvalue weighted by Gasteiger charge is 2.37. The molecule has 1 aliphatic carbocycles. The third-order valence-corrected chi connectivity index (χ3v) is 6.81. The molecule has 0 radical (unpaired) electrons. The molecule has 1 saturated carbocycles. The molecule has 3 atom stereocenters. The number of hydrogen-bond acceptors (Lipinski definition) is 3. The van der Waals surface area contributed by atoms with Crippen LogP contribution in [0.4, 0.5) is 4.39 Å². The molecule has 1 aliphatic rings. The van der Waals surface area contributed by atoms with Gasteiger partial charge in [0.1, 0.15) is 0 Å². The van der Waals surface area contributed by atoms with Gasteiger partial charge in [0, 0.05) is 31.7 Å². The van der Waals surface area contributed by atoms with Gasteiger partial charge in [-0.3, -0.25) is 9.69 Å². The first kappa shape index (κ1) is 24.4. The smallest absolute Gasteiger partial charge is 0.255 e. The summed E-state index contributed by atoms with van der Waals surface area (Å²) in [7, 11) is 4.14. The maximum Gasteiger partial charge on any atom is 0.255 e. The lowest BCUT2D eigenvalue weighted by Gasteiger charge is -2.45. The number of nitrogens with one attached hydrogen (secondary N) is 1. The van der Waals surface area contributed by atoms with Crippen LogP contribution in [0.1, 0.15) is 43.7 Å². The minimum Gasteiger partial charge on any atom is -0.352 e. The maximum absolute atomic E-state index is 15.1. The van der Waals surface area contributed by atoms with Gasteiger partial charge in [0.25, 0.3) is 5.91 Å². The fourth-order valence-electron chi connectivity index (χ4n) is 4.90. The van der Waals surface area contributed by atoms with E-state index in [4.69, 9.17) is 0 Å². The zero-order valence-corrected chi connectivity index (χ0v) is 19.8. The van der Waals surface area contributed by atoms with E-state index in [9.17, 15) is 4.79 Å². The van der Waals surface area contributed by atoms with Gasteiger partial charge in [-0.25, -0.2) is 4.39 Å². The van der Waals surface area contributed by atoms with Crippen molar-refractivity contribution in [1.82, 2.24) is 15.1 Å². The topological polar surface area (TPSA) is 35.6 Å². The molecule has 2 aromatic carbocycles. The Hall–Kier alpha value is -2.24. The molecule has 4 nitrogen and oxygen atoms in total. The molecule has 1 amide bonds. The van der Waals surface area contributed by atoms with Crippen LogP contribution in [0.25, 0.3) is 0 Å². The average molecular weight is 440 g/mol. The molecule has 3 rings (SSSR count). The molecule has 0 saturated heterocycles. The predicted molar refractivity (Wildman–Crippen MR) is 129 cm³/mol. The first-order chi connectivity index (χ1) is 15.4. The van der Waals surface area contributed by atoms with Crippen LogP contribution in [0.2, 0.25) is 0 Å². The Morgan fingerprint density at radius 1 is 1.06 bits per heavy atom. The SMILES string of the molecule is CC1CCCC(CNC(=O)C(F)CN(Cc2ccccc2)Cc2ccccc2)(N(C)C)C1. The highest BCUT2D eigenvalue weighted by Crippen LogP contribution is 2.35. The van der Waals surface area contributed by atoms with Gasteiger partial charge < -0.3 is 10.2 Å². The summed E-state index contributed by atoms with van der Waals surface area (Å²) in [6.07, 6.45) is 2.88. The maximum atomic E-state index is 15.1. The molecule has 0 aliphatic heterocycles. The number of benzene rings is 2. The molecule has 32 heavy (non-hydrogen) atoms. The lowest BCUT2D eigenvalue weighted by atomic mass is 9.75. The second-order valence-electron chi connectivity index (χ2n) is 9.65. The zero-order valence-electron chi connectivity index (χ0n) is 19.8. The van der Waals surface area contributed by atoms with Gasteiger partial charge in [-0.15, -0.1) is 0 Å². The number of amides is 1. The lowest BCUT2D eigenvalue weighted by Crippen LogP contribution is -2.56. The summed E-state index contributed by atoms with van der Waals surface area (Å²) in [6.45, 7) is 4.04. The van der Waals surface area contributed by atoms with Gasteiger partial charge in [0.05, 0.1) is 0 Å². The Kier molecular flexibility index (Phi) is 8.83. The second kappa shape index (κ2) is 11.6. The van der Waals surface area contributed by atoms with E-state index in [2.05, 4.69) is 31.2 Å². The van der Waals surface area contributed by atoms with Crippen molar-refractivity contribution in [1.29, 1.82) is 0 Å². The average Bonchev–Trinajstić information content (AvgIpc) is 2.78. The zero-order chi connectivity index (χ0) is 23.0. The number of carbonyl (C=O) groups excluding carboxylic acids is 1. The summed E-state index contributed by atoms with van der Waals surface area (Å²) in [5.74, 6) is 0.118. The molecule has 0 aromatic heterocycles. The Balaban J connectivity index is 1.62. The second-order valence-corrected chi connectivity index (χ2v) is 9.65. The number of nitrogens with zero attached hydrogens (tertiary/aromatic N) is 2. The van der Waals surface area contributed by atoms with E-state index in [1.165, 1.54) is 6.42 Å². The van der Waals surface area contributed by atoms with Crippen molar-refractivity contribution in [2.45, 2.75) is 57.4 Å². The van der Waals surface area contributed by atoms with E-state index in [1.807, 2.05) is 65.6 Å². The number of likely N-dealkylation sites (N-methyl/N-ethyl adjacent to an activating group) is 1. The molecule has 1 N–H and O–H groups in total. The standard InChI is InChI=1S/C27H38FN3O/c1-22-11-10-16-27(17-22,30(2)3)21-29-26(32)25(28)20-31(18-23-12-6-4-7-13-23)19-24-14-8-5-9-15-24/h4-9,12-15,22,25H,10-11,16-21H2,1-3H3,(H,29,32). The lowest BCUT2D eigenvalue weighted by molar-refractivity contribution is -0.127. The van der Waals surface area contributed by atoms with Crippen LogP contribution in [0, 0.1) is 5.92 Å². The summed E-state index contributed by atoms with van der Waals surface area (Å²) in [5, 5.41) is 2.95. The number of carbonyl (C=O) groups is 1. The summed E-state index contributed by atoms with van der Waals surface area (Å²) in [5.41, 5.74) is 2.14. The summed E-state index contributed by atoms with van der Waals surface area (Å²) < 4.78 is 15.1. The van der Waals surface area contributed by atoms with Crippen LogP contribution in [0.3, 0.4) is 0 Å². The van der Waals surface area contributed by atoms with E-state index in [0.29, 0.717) is 25.6 Å². The van der Waals surface area contributed by atoms with E-state index in [-0.39, 0.29) is 12.1 Å². The number of alkyl halides is 1. The van der Waals surface area contributed by atoms with E-state index >= 15 is 4.39 Å². The Labute approximate surface area is 192 Å². The van der Waals surface area contributed by atoms with Gasteiger partial charge in [0.2, 0.25) is 0 Å². The summed E-state index contributed by atoms with van der Waals surface area (Å²) in [4.78, 5) is 17.0. The quantitative estimate of drug-likeness (QED) is 0.585. The van der Waals surface area contributed by atoms with Gasteiger partial charge in [0.15, 0.2) is 6.17 Å². The number of rotatable bonds is 10. The minimum atomic E-state index is -1.57. The molecule has 0 bridgehead atoms. The van der Waals surface area contributed by atoms with Crippen molar-refractivity contribution < 1.29 is 9.18 Å². The largest absolute Gasteiger partial charge is 0.352 e. The van der Waals surface area contributed by atoms with Crippen LogP contribution in [-0.2, 0) is 17.9 Å². The molecule has 1 fully saturated rings. The van der Waals surface area contributed by atoms with E-state index < -0.39 is 12.1 Å². The molecule has 5 heteroatoms. The van der Waals surface area contributed by atoms with Crippen molar-refractivity contribution in [3.05, 3.63) is 71.8 Å². The summed E-state index contributed by atoms with van der Waals surface area (Å²) in [6, 6.07) is 20.1. The van der Waals surface area contributed by atoms with Gasteiger partial charge in [-0.1, -0.05) is 80.4 Å². The molecular weight excluding hydrogens is 401 g/mol. The Morgan fingerprint density at radius 3 is 2.12 bits per heavy atom. The number of halogens is 1. The first-order valence-corrected chi connectivity index (χ1v) is 11.8. The summed E-state index contributed by atoms with van der Waals surface area (Å²) >= 11 is 0. The van der Waals surface area contributed by atoms with Gasteiger partial charge >= 0.3 is 0 Å². The van der Waals surface area contributed by atoms with E-state index in [1.54, 1.807) is 0 Å². The van der Waals surface area contributed by atoms with Crippen LogP contribution in [-0.4, -0.2) is 54.6 Å². The van der Waals surface area contributed by atoms with Crippen LogP contribution < -0.4 is 5.32 Å². The van der Waals surface area contributed by atoms with Gasteiger partial charge in [-0.05, 0) is 44.0 Å². The van der Waals surface area contributed by atoms with Crippen LogP contribution >= 0.6 is 0 Å². The minimum absolute atomic E-state index is 0.0704. The van der Waals surface area contributed by atoms with Crippen molar-refractivity contribution in [3.8, 4) is 0 Å². The molecule has 0 spiro atoms. The van der Waals surface area contributed by atoms with E-state index in [0.717, 1.165) is 30.4 Å². The van der Waals surface area contributed by atoms with Crippen molar-refractivity contribution >= 4 is 5.91 Å². The van der Waals surface area contributed by atoms with Crippen molar-refractivity contribution in [3.63, 3.8) is 0 Å². The molecule has 3 unspecified atom stereocenters. The Morgan fingerprint density at radius 2 is 1.62 bits per heavy atom. The highest BCUT2D eigenvalue weighted by molar-refractivity contribution is 5.80. The van der Waals surface area contributed by atoms with Crippen molar-refractivity contribution in [2.24, 2.45) is 5.92 Å². The molecule has 0 heterocycles. The van der Waals surface area contributed by atoms with Gasteiger partial charge in [-0.2, -0.15) is 0 Å². The van der Waals surface area contributed by atoms with Crippen LogP contribution in [0.15, 0.2) is 60.7 Å². The fourth-order valence-corrected chi connectivity index (χ4v) is 4.90. The monoisotopic (exact) mass is 439 g/mol. The third kappa shape index (κ3) is 6.88. The molecular formula is C27H38FN3O.